The van der Waals surface area contributed by atoms with Crippen LogP contribution in [0.15, 0.2) is 21.9 Å². The lowest BCUT2D eigenvalue weighted by Crippen LogP contribution is -2.31. The highest BCUT2D eigenvalue weighted by atomic mass is 17.1. The van der Waals surface area contributed by atoms with E-state index < -0.39 is 29.7 Å². The van der Waals surface area contributed by atoms with Crippen molar-refractivity contribution in [2.75, 3.05) is 6.61 Å². The van der Waals surface area contributed by atoms with Crippen LogP contribution in [-0.4, -0.2) is 38.7 Å². The molecule has 2 heterocycles. The average molecular weight is 244 g/mol. The molecular weight excluding hydrogens is 232 g/mol. The maximum atomic E-state index is 11.5. The zero-order chi connectivity index (χ0) is 12.4. The summed E-state index contributed by atoms with van der Waals surface area (Å²) >= 11 is 0. The Hall–Kier alpha value is -1.48. The van der Waals surface area contributed by atoms with Gasteiger partial charge in [-0.3, -0.25) is 19.6 Å². The van der Waals surface area contributed by atoms with E-state index in [1.165, 1.54) is 16.8 Å². The summed E-state index contributed by atoms with van der Waals surface area (Å²) in [5.74, 6) is 0. The van der Waals surface area contributed by atoms with Crippen LogP contribution in [0.3, 0.4) is 0 Å². The summed E-state index contributed by atoms with van der Waals surface area (Å²) in [5, 5.41) is 17.9. The molecule has 0 saturated carbocycles. The van der Waals surface area contributed by atoms with E-state index >= 15 is 0 Å². The predicted molar refractivity (Wildman–Crippen MR) is 54.4 cm³/mol. The molecule has 94 valence electrons. The molecule has 0 spiro atoms. The van der Waals surface area contributed by atoms with Gasteiger partial charge in [0.1, 0.15) is 18.9 Å². The molecular formula is C9H12N2O6. The average Bonchev–Trinajstić information content (AvgIpc) is 2.60. The number of hydrogen-bond donors (Lipinski definition) is 3. The molecule has 0 aliphatic carbocycles. The van der Waals surface area contributed by atoms with E-state index in [9.17, 15) is 14.7 Å². The van der Waals surface area contributed by atoms with Gasteiger partial charge in [-0.15, -0.1) is 0 Å². The Morgan fingerprint density at radius 2 is 2.35 bits per heavy atom. The molecule has 1 aromatic heterocycles. The standard InChI is InChI=1S/C9H12N2O6/c12-5-3-8(17-6(5)4-16-15)11-2-1-7(13)10-9(11)14/h1-2,5-6,8,12,15H,3-4H2,(H,10,13,14)/t5?,6-,8-/m0/s1. The van der Waals surface area contributed by atoms with Crippen LogP contribution in [0.25, 0.3) is 0 Å². The molecule has 17 heavy (non-hydrogen) atoms. The Labute approximate surface area is 95.0 Å². The molecule has 1 aliphatic rings. The molecule has 0 bridgehead atoms. The van der Waals surface area contributed by atoms with Gasteiger partial charge in [0.15, 0.2) is 0 Å². The van der Waals surface area contributed by atoms with E-state index in [4.69, 9.17) is 9.99 Å². The third kappa shape index (κ3) is 2.44. The zero-order valence-electron chi connectivity index (χ0n) is 8.78. The van der Waals surface area contributed by atoms with Crippen LogP contribution in [-0.2, 0) is 9.62 Å². The van der Waals surface area contributed by atoms with Crippen LogP contribution in [0.2, 0.25) is 0 Å². The first kappa shape index (κ1) is 12.0. The summed E-state index contributed by atoms with van der Waals surface area (Å²) in [6.45, 7) is -0.185. The van der Waals surface area contributed by atoms with E-state index in [-0.39, 0.29) is 13.0 Å². The molecule has 1 aliphatic heterocycles. The number of ether oxygens (including phenoxy) is 1. The third-order valence-corrected chi connectivity index (χ3v) is 2.60. The first-order chi connectivity index (χ1) is 8.11. The van der Waals surface area contributed by atoms with E-state index in [0.29, 0.717) is 0 Å². The van der Waals surface area contributed by atoms with Gasteiger partial charge in [-0.1, -0.05) is 0 Å². The lowest BCUT2D eigenvalue weighted by Gasteiger charge is -2.14. The number of H-pyrrole nitrogens is 1. The smallest absolute Gasteiger partial charge is 0.330 e. The van der Waals surface area contributed by atoms with Crippen molar-refractivity contribution in [2.45, 2.75) is 24.9 Å². The summed E-state index contributed by atoms with van der Waals surface area (Å²) in [6, 6.07) is 1.19. The summed E-state index contributed by atoms with van der Waals surface area (Å²) in [6.07, 6.45) is -0.759. The quantitative estimate of drug-likeness (QED) is 0.448. The van der Waals surface area contributed by atoms with Crippen LogP contribution < -0.4 is 11.2 Å². The molecule has 0 aromatic carbocycles. The number of aromatic nitrogens is 2. The van der Waals surface area contributed by atoms with Gasteiger partial charge in [-0.2, -0.15) is 0 Å². The highest BCUT2D eigenvalue weighted by Crippen LogP contribution is 2.27. The minimum Gasteiger partial charge on any atom is -0.390 e. The molecule has 1 saturated heterocycles. The maximum absolute atomic E-state index is 11.5. The summed E-state index contributed by atoms with van der Waals surface area (Å²) in [7, 11) is 0. The Balaban J connectivity index is 2.19. The number of rotatable bonds is 3. The Kier molecular flexibility index (Phi) is 3.38. The van der Waals surface area contributed by atoms with Crippen molar-refractivity contribution in [3.05, 3.63) is 33.1 Å². The molecule has 3 atom stereocenters. The monoisotopic (exact) mass is 244 g/mol. The molecule has 1 fully saturated rings. The van der Waals surface area contributed by atoms with Crippen LogP contribution in [0.4, 0.5) is 0 Å². The van der Waals surface area contributed by atoms with Crippen LogP contribution in [0.5, 0.6) is 0 Å². The van der Waals surface area contributed by atoms with Crippen molar-refractivity contribution >= 4 is 0 Å². The lowest BCUT2D eigenvalue weighted by atomic mass is 10.2. The first-order valence-electron chi connectivity index (χ1n) is 5.03. The fourth-order valence-corrected chi connectivity index (χ4v) is 1.76. The Morgan fingerprint density at radius 1 is 1.59 bits per heavy atom. The van der Waals surface area contributed by atoms with E-state index in [2.05, 4.69) is 9.87 Å². The second-order valence-corrected chi connectivity index (χ2v) is 3.75. The summed E-state index contributed by atoms with van der Waals surface area (Å²) < 4.78 is 6.50. The van der Waals surface area contributed by atoms with E-state index in [0.717, 1.165) is 0 Å². The highest BCUT2D eigenvalue weighted by Gasteiger charge is 2.35. The van der Waals surface area contributed by atoms with E-state index in [1.54, 1.807) is 0 Å². The highest BCUT2D eigenvalue weighted by molar-refractivity contribution is 4.88. The van der Waals surface area contributed by atoms with Gasteiger partial charge >= 0.3 is 5.69 Å². The van der Waals surface area contributed by atoms with Crippen LogP contribution in [0, 0.1) is 0 Å². The third-order valence-electron chi connectivity index (χ3n) is 2.60. The van der Waals surface area contributed by atoms with Crippen molar-refractivity contribution in [2.24, 2.45) is 0 Å². The van der Waals surface area contributed by atoms with Gasteiger partial charge in [0.2, 0.25) is 0 Å². The molecule has 2 rings (SSSR count). The Bertz CT molecular complexity index is 495. The number of aliphatic hydroxyl groups excluding tert-OH is 1. The summed E-state index contributed by atoms with van der Waals surface area (Å²) in [5.41, 5.74) is -1.11. The van der Waals surface area contributed by atoms with Gasteiger partial charge in [-0.25, -0.2) is 9.68 Å². The predicted octanol–water partition coefficient (Wildman–Crippen LogP) is -1.33. The lowest BCUT2D eigenvalue weighted by molar-refractivity contribution is -0.264. The SMILES string of the molecule is O=c1ccn([C@@H]2CC(O)[C@H](COO)O2)c(=O)[nH]1. The topological polar surface area (TPSA) is 114 Å². The van der Waals surface area contributed by atoms with Crippen molar-refractivity contribution in [1.82, 2.24) is 9.55 Å². The van der Waals surface area contributed by atoms with Crippen molar-refractivity contribution in [3.8, 4) is 0 Å². The molecule has 0 amide bonds. The molecule has 1 unspecified atom stereocenters. The molecule has 1 aromatic rings. The number of hydrogen-bond acceptors (Lipinski definition) is 6. The van der Waals surface area contributed by atoms with E-state index in [1.807, 2.05) is 0 Å². The molecule has 3 N–H and O–H groups in total. The maximum Gasteiger partial charge on any atom is 0.330 e. The number of nitrogens with one attached hydrogen (secondary N) is 1. The first-order valence-corrected chi connectivity index (χ1v) is 5.03. The normalized spacial score (nSPS) is 28.5. The van der Waals surface area contributed by atoms with Gasteiger partial charge in [-0.05, 0) is 0 Å². The van der Waals surface area contributed by atoms with Gasteiger partial charge < -0.3 is 9.84 Å². The molecule has 8 nitrogen and oxygen atoms in total. The molecule has 8 heteroatoms. The van der Waals surface area contributed by atoms with Gasteiger partial charge in [0.05, 0.1) is 6.10 Å². The van der Waals surface area contributed by atoms with Crippen molar-refractivity contribution < 1.29 is 20.0 Å². The fraction of sp³-hybridized carbons (Fsp3) is 0.556. The van der Waals surface area contributed by atoms with Crippen LogP contribution >= 0.6 is 0 Å². The molecule has 0 radical (unpaired) electrons. The minimum atomic E-state index is -0.842. The second kappa shape index (κ2) is 4.80. The number of nitrogens with zero attached hydrogens (tertiary/aromatic N) is 1. The largest absolute Gasteiger partial charge is 0.390 e. The number of aliphatic hydroxyl groups is 1. The van der Waals surface area contributed by atoms with Gasteiger partial charge in [0.25, 0.3) is 5.56 Å². The Morgan fingerprint density at radius 3 is 3.00 bits per heavy atom. The fourth-order valence-electron chi connectivity index (χ4n) is 1.76. The minimum absolute atomic E-state index is 0.181. The number of aromatic amines is 1. The second-order valence-electron chi connectivity index (χ2n) is 3.75. The zero-order valence-corrected chi connectivity index (χ0v) is 8.78. The van der Waals surface area contributed by atoms with Crippen molar-refractivity contribution in [3.63, 3.8) is 0 Å². The van der Waals surface area contributed by atoms with Crippen LogP contribution in [0.1, 0.15) is 12.6 Å². The summed E-state index contributed by atoms with van der Waals surface area (Å²) in [4.78, 5) is 28.3. The van der Waals surface area contributed by atoms with Crippen molar-refractivity contribution in [1.29, 1.82) is 0 Å². The van der Waals surface area contributed by atoms with Gasteiger partial charge in [0, 0.05) is 18.7 Å².